The van der Waals surface area contributed by atoms with Crippen molar-refractivity contribution in [2.45, 2.75) is 94.8 Å². The summed E-state index contributed by atoms with van der Waals surface area (Å²) >= 11 is 0. The molecule has 4 aliphatic rings. The number of rotatable bonds is 3. The predicted octanol–water partition coefficient (Wildman–Crippen LogP) is 5.28. The topological polar surface area (TPSA) is 71.0 Å². The number of pyridine rings is 1. The van der Waals surface area contributed by atoms with Gasteiger partial charge >= 0.3 is 0 Å². The first-order valence-corrected chi connectivity index (χ1v) is 14.1. The molecule has 4 fully saturated rings. The van der Waals surface area contributed by atoms with Gasteiger partial charge in [0.1, 0.15) is 5.69 Å². The van der Waals surface area contributed by atoms with E-state index in [1.54, 1.807) is 12.3 Å². The molecule has 1 N–H and O–H groups in total. The first-order chi connectivity index (χ1) is 17.6. The molecule has 0 radical (unpaired) electrons. The van der Waals surface area contributed by atoms with Gasteiger partial charge in [0.2, 0.25) is 5.56 Å². The summed E-state index contributed by atoms with van der Waals surface area (Å²) in [6, 6.07) is 13.3. The second kappa shape index (κ2) is 8.98. The van der Waals surface area contributed by atoms with Crippen molar-refractivity contribution in [3.8, 4) is 11.3 Å². The summed E-state index contributed by atoms with van der Waals surface area (Å²) in [7, 11) is 0. The van der Waals surface area contributed by atoms with Gasteiger partial charge in [-0.1, -0.05) is 37.8 Å². The molecule has 3 aromatic rings. The molecule has 4 bridgehead atoms. The molecular formula is C30H36N4O2. The van der Waals surface area contributed by atoms with E-state index in [0.29, 0.717) is 23.3 Å². The van der Waals surface area contributed by atoms with Crippen molar-refractivity contribution in [2.75, 3.05) is 0 Å². The molecule has 0 unspecified atom stereocenters. The average Bonchev–Trinajstić information content (AvgIpc) is 2.87. The number of piperidine rings is 2. The van der Waals surface area contributed by atoms with E-state index in [4.69, 9.17) is 4.98 Å². The molecule has 6 heteroatoms. The molecule has 0 amide bonds. The van der Waals surface area contributed by atoms with Crippen molar-refractivity contribution in [1.82, 2.24) is 19.4 Å². The third-order valence-electron chi connectivity index (χ3n) is 9.74. The number of hydrogen-bond donors (Lipinski definition) is 1. The largest absolute Gasteiger partial charge is 0.329 e. The standard InChI is InChI=1S/C30H36N4O2/c35-28-16-21(11-12-31-28)29-30(36)34(27-10-2-1-9-26(27)32-29)25-17-22-7-4-8-23(18-25)33(22)24-14-19-5-3-6-20(13-19)15-24/h1-2,9-12,16,19-20,22-25H,3-8,13-15,17-18H2,(H,31,35)/t19-,20+,22-,23+,24+,25+. The highest BCUT2D eigenvalue weighted by Gasteiger charge is 2.45. The second-order valence-electron chi connectivity index (χ2n) is 11.9. The van der Waals surface area contributed by atoms with Crippen LogP contribution >= 0.6 is 0 Å². The van der Waals surface area contributed by atoms with Crippen molar-refractivity contribution < 1.29 is 0 Å². The molecule has 36 heavy (non-hydrogen) atoms. The van der Waals surface area contributed by atoms with E-state index >= 15 is 0 Å². The van der Waals surface area contributed by atoms with Crippen LogP contribution in [-0.4, -0.2) is 37.6 Å². The molecule has 2 aliphatic heterocycles. The lowest BCUT2D eigenvalue weighted by atomic mass is 9.68. The predicted molar refractivity (Wildman–Crippen MR) is 142 cm³/mol. The van der Waals surface area contributed by atoms with Gasteiger partial charge in [0.05, 0.1) is 11.0 Å². The Hall–Kier alpha value is -2.73. The van der Waals surface area contributed by atoms with E-state index in [0.717, 1.165) is 41.8 Å². The fourth-order valence-electron chi connectivity index (χ4n) is 8.43. The van der Waals surface area contributed by atoms with Crippen molar-refractivity contribution >= 4 is 11.0 Å². The monoisotopic (exact) mass is 484 g/mol. The highest BCUT2D eigenvalue weighted by atomic mass is 16.1. The Kier molecular flexibility index (Phi) is 5.61. The number of fused-ring (bicyclic) bond motifs is 5. The van der Waals surface area contributed by atoms with E-state index in [1.165, 1.54) is 63.9 Å². The summed E-state index contributed by atoms with van der Waals surface area (Å²) in [5.74, 6) is 1.87. The Morgan fingerprint density at radius 2 is 1.50 bits per heavy atom. The Labute approximate surface area is 211 Å². The summed E-state index contributed by atoms with van der Waals surface area (Å²) in [4.78, 5) is 36.4. The van der Waals surface area contributed by atoms with Crippen molar-refractivity contribution in [2.24, 2.45) is 11.8 Å². The molecule has 6 nitrogen and oxygen atoms in total. The van der Waals surface area contributed by atoms with E-state index in [9.17, 15) is 9.59 Å². The summed E-state index contributed by atoms with van der Waals surface area (Å²) in [6.07, 6.45) is 16.0. The van der Waals surface area contributed by atoms with Crippen LogP contribution in [0.2, 0.25) is 0 Å². The van der Waals surface area contributed by atoms with Crippen LogP contribution in [0.15, 0.2) is 52.2 Å². The summed E-state index contributed by atoms with van der Waals surface area (Å²) < 4.78 is 2.04. The summed E-state index contributed by atoms with van der Waals surface area (Å²) in [5, 5.41) is 0. The minimum atomic E-state index is -0.214. The van der Waals surface area contributed by atoms with Gasteiger partial charge in [-0.05, 0) is 75.0 Å². The zero-order valence-electron chi connectivity index (χ0n) is 20.9. The van der Waals surface area contributed by atoms with Crippen LogP contribution in [0.5, 0.6) is 0 Å². The number of aromatic amines is 1. The third kappa shape index (κ3) is 3.85. The number of H-pyrrole nitrogens is 1. The molecule has 2 aromatic heterocycles. The molecule has 1 aromatic carbocycles. The number of nitrogens with zero attached hydrogens (tertiary/aromatic N) is 3. The maximum absolute atomic E-state index is 14.0. The molecule has 7 rings (SSSR count). The molecule has 2 saturated heterocycles. The lowest BCUT2D eigenvalue weighted by molar-refractivity contribution is -0.0485. The number of nitrogens with one attached hydrogen (secondary N) is 1. The molecule has 188 valence electrons. The number of aromatic nitrogens is 3. The first kappa shape index (κ1) is 22.5. The van der Waals surface area contributed by atoms with Crippen LogP contribution < -0.4 is 11.1 Å². The molecule has 2 saturated carbocycles. The highest BCUT2D eigenvalue weighted by Crippen LogP contribution is 2.47. The van der Waals surface area contributed by atoms with Crippen molar-refractivity contribution in [3.63, 3.8) is 0 Å². The second-order valence-corrected chi connectivity index (χ2v) is 11.9. The van der Waals surface area contributed by atoms with Gasteiger partial charge in [0, 0.05) is 42.0 Å². The van der Waals surface area contributed by atoms with Gasteiger partial charge in [-0.25, -0.2) is 4.98 Å². The minimum Gasteiger partial charge on any atom is -0.329 e. The summed E-state index contributed by atoms with van der Waals surface area (Å²) in [5.41, 5.74) is 2.43. The van der Waals surface area contributed by atoms with E-state index < -0.39 is 0 Å². The fraction of sp³-hybridized carbons (Fsp3) is 0.567. The van der Waals surface area contributed by atoms with Crippen LogP contribution in [-0.2, 0) is 0 Å². The molecule has 6 atom stereocenters. The van der Waals surface area contributed by atoms with E-state index in [-0.39, 0.29) is 17.2 Å². The summed E-state index contributed by atoms with van der Waals surface area (Å²) in [6.45, 7) is 0. The molecule has 4 heterocycles. The van der Waals surface area contributed by atoms with Crippen molar-refractivity contribution in [3.05, 3.63) is 63.3 Å². The van der Waals surface area contributed by atoms with Gasteiger partial charge in [0.25, 0.3) is 5.56 Å². The zero-order valence-corrected chi connectivity index (χ0v) is 20.9. The maximum Gasteiger partial charge on any atom is 0.277 e. The first-order valence-electron chi connectivity index (χ1n) is 14.1. The van der Waals surface area contributed by atoms with Crippen LogP contribution in [0.1, 0.15) is 76.7 Å². The van der Waals surface area contributed by atoms with E-state index in [1.807, 2.05) is 28.8 Å². The Bertz CT molecular complexity index is 1370. The maximum atomic E-state index is 14.0. The zero-order chi connectivity index (χ0) is 24.2. The van der Waals surface area contributed by atoms with Crippen LogP contribution in [0.3, 0.4) is 0 Å². The Morgan fingerprint density at radius 3 is 2.25 bits per heavy atom. The van der Waals surface area contributed by atoms with Gasteiger partial charge in [-0.2, -0.15) is 0 Å². The molecule has 0 spiro atoms. The normalized spacial score (nSPS) is 32.4. The van der Waals surface area contributed by atoms with Crippen LogP contribution in [0.25, 0.3) is 22.3 Å². The van der Waals surface area contributed by atoms with Crippen molar-refractivity contribution in [1.29, 1.82) is 0 Å². The number of para-hydroxylation sites is 2. The highest BCUT2D eigenvalue weighted by molar-refractivity contribution is 5.78. The molecule has 2 aliphatic carbocycles. The van der Waals surface area contributed by atoms with Crippen LogP contribution in [0.4, 0.5) is 0 Å². The van der Waals surface area contributed by atoms with Gasteiger partial charge in [-0.15, -0.1) is 0 Å². The molecular weight excluding hydrogens is 448 g/mol. The van der Waals surface area contributed by atoms with E-state index in [2.05, 4.69) is 9.88 Å². The fourth-order valence-corrected chi connectivity index (χ4v) is 8.43. The minimum absolute atomic E-state index is 0.0666. The third-order valence-corrected chi connectivity index (χ3v) is 9.74. The van der Waals surface area contributed by atoms with Gasteiger partial charge < -0.3 is 9.55 Å². The van der Waals surface area contributed by atoms with Crippen LogP contribution in [0, 0.1) is 11.8 Å². The van der Waals surface area contributed by atoms with Gasteiger partial charge in [-0.3, -0.25) is 14.5 Å². The Morgan fingerprint density at radius 1 is 0.778 bits per heavy atom. The lowest BCUT2D eigenvalue weighted by Gasteiger charge is -2.55. The van der Waals surface area contributed by atoms with Gasteiger partial charge in [0.15, 0.2) is 0 Å². The average molecular weight is 485 g/mol. The lowest BCUT2D eigenvalue weighted by Crippen LogP contribution is -2.58. The SMILES string of the molecule is O=c1cc(-c2nc3ccccc3n([C@H]3C[C@H]4CCC[C@@H](C3)N4[C@H]3C[C@@H]4CCC[C@@H](C4)C3)c2=O)cc[nH]1. The Balaban J connectivity index is 1.27. The quantitative estimate of drug-likeness (QED) is 0.549. The number of hydrogen-bond acceptors (Lipinski definition) is 4. The number of benzene rings is 1. The smallest absolute Gasteiger partial charge is 0.277 e.